The quantitative estimate of drug-likeness (QED) is 0.745. The molecule has 0 fully saturated rings. The lowest BCUT2D eigenvalue weighted by molar-refractivity contribution is 0.414. The van der Waals surface area contributed by atoms with Crippen molar-refractivity contribution in [3.63, 3.8) is 0 Å². The maximum Gasteiger partial charge on any atom is 0.161 e. The third-order valence-corrected chi connectivity index (χ3v) is 3.46. The molecule has 0 amide bonds. The smallest absolute Gasteiger partial charge is 0.161 e. The molecule has 0 saturated carbocycles. The molecule has 0 aliphatic carbocycles. The standard InChI is InChI=1S/C14H12BrN3O/c1-19-12-4-2-10(3-5-12)8-13-16-17-14-9-11(15)6-7-18(13)14/h2-7,9H,8H2,1H3. The molecule has 0 radical (unpaired) electrons. The fourth-order valence-corrected chi connectivity index (χ4v) is 2.28. The van der Waals surface area contributed by atoms with Crippen molar-refractivity contribution in [3.05, 3.63) is 58.5 Å². The van der Waals surface area contributed by atoms with Gasteiger partial charge in [0.25, 0.3) is 0 Å². The van der Waals surface area contributed by atoms with E-state index in [9.17, 15) is 0 Å². The number of hydrogen-bond acceptors (Lipinski definition) is 3. The van der Waals surface area contributed by atoms with Crippen LogP contribution >= 0.6 is 15.9 Å². The summed E-state index contributed by atoms with van der Waals surface area (Å²) in [6.07, 6.45) is 2.71. The van der Waals surface area contributed by atoms with Gasteiger partial charge in [0.15, 0.2) is 5.65 Å². The van der Waals surface area contributed by atoms with Gasteiger partial charge in [-0.15, -0.1) is 10.2 Å². The van der Waals surface area contributed by atoms with Gasteiger partial charge in [-0.25, -0.2) is 0 Å². The first-order valence-electron chi connectivity index (χ1n) is 5.88. The first kappa shape index (κ1) is 12.2. The highest BCUT2D eigenvalue weighted by Crippen LogP contribution is 2.16. The molecule has 0 bridgehead atoms. The Morgan fingerprint density at radius 3 is 2.68 bits per heavy atom. The van der Waals surface area contributed by atoms with Crippen LogP contribution in [0, 0.1) is 0 Å². The zero-order valence-electron chi connectivity index (χ0n) is 10.4. The van der Waals surface area contributed by atoms with E-state index in [1.54, 1.807) is 7.11 Å². The first-order valence-corrected chi connectivity index (χ1v) is 6.67. The van der Waals surface area contributed by atoms with Crippen molar-refractivity contribution in [1.82, 2.24) is 14.6 Å². The summed E-state index contributed by atoms with van der Waals surface area (Å²) in [5.74, 6) is 1.78. The summed E-state index contributed by atoms with van der Waals surface area (Å²) in [6.45, 7) is 0. The van der Waals surface area contributed by atoms with Crippen molar-refractivity contribution in [2.45, 2.75) is 6.42 Å². The Morgan fingerprint density at radius 1 is 1.16 bits per heavy atom. The minimum atomic E-state index is 0.743. The van der Waals surface area contributed by atoms with Gasteiger partial charge in [-0.1, -0.05) is 28.1 Å². The molecule has 0 spiro atoms. The van der Waals surface area contributed by atoms with Crippen LogP contribution in [0.3, 0.4) is 0 Å². The monoisotopic (exact) mass is 317 g/mol. The van der Waals surface area contributed by atoms with Crippen LogP contribution in [0.15, 0.2) is 47.1 Å². The number of ether oxygens (including phenoxy) is 1. The summed E-state index contributed by atoms with van der Waals surface area (Å²) in [5.41, 5.74) is 2.02. The number of fused-ring (bicyclic) bond motifs is 1. The van der Waals surface area contributed by atoms with Crippen molar-refractivity contribution in [2.24, 2.45) is 0 Å². The van der Waals surface area contributed by atoms with E-state index in [4.69, 9.17) is 4.74 Å². The molecule has 96 valence electrons. The fraction of sp³-hybridized carbons (Fsp3) is 0.143. The zero-order valence-corrected chi connectivity index (χ0v) is 12.0. The van der Waals surface area contributed by atoms with Gasteiger partial charge in [0, 0.05) is 17.1 Å². The molecule has 0 atom stereocenters. The van der Waals surface area contributed by atoms with Crippen LogP contribution in [0.25, 0.3) is 5.65 Å². The number of pyridine rings is 1. The largest absolute Gasteiger partial charge is 0.497 e. The van der Waals surface area contributed by atoms with E-state index in [1.807, 2.05) is 47.0 Å². The SMILES string of the molecule is COc1ccc(Cc2nnc3cc(Br)ccn23)cc1. The Labute approximate surface area is 119 Å². The molecule has 3 aromatic rings. The van der Waals surface area contributed by atoms with Crippen LogP contribution in [0.2, 0.25) is 0 Å². The van der Waals surface area contributed by atoms with Gasteiger partial charge in [-0.3, -0.25) is 4.40 Å². The maximum atomic E-state index is 5.15. The number of aromatic nitrogens is 3. The van der Waals surface area contributed by atoms with Crippen molar-refractivity contribution >= 4 is 21.6 Å². The lowest BCUT2D eigenvalue weighted by atomic mass is 10.1. The average Bonchev–Trinajstić information content (AvgIpc) is 2.82. The van der Waals surface area contributed by atoms with E-state index < -0.39 is 0 Å². The lowest BCUT2D eigenvalue weighted by Crippen LogP contribution is -1.96. The van der Waals surface area contributed by atoms with Crippen molar-refractivity contribution in [1.29, 1.82) is 0 Å². The number of methoxy groups -OCH3 is 1. The Morgan fingerprint density at radius 2 is 1.95 bits per heavy atom. The molecule has 5 heteroatoms. The summed E-state index contributed by atoms with van der Waals surface area (Å²) >= 11 is 3.43. The highest BCUT2D eigenvalue weighted by atomic mass is 79.9. The molecular formula is C14H12BrN3O. The molecule has 0 N–H and O–H groups in total. The van der Waals surface area contributed by atoms with Gasteiger partial charge < -0.3 is 4.74 Å². The summed E-state index contributed by atoms with van der Waals surface area (Å²) < 4.78 is 8.15. The van der Waals surface area contributed by atoms with Crippen LogP contribution < -0.4 is 4.74 Å². The molecule has 1 aromatic carbocycles. The topological polar surface area (TPSA) is 39.4 Å². The minimum Gasteiger partial charge on any atom is -0.497 e. The maximum absolute atomic E-state index is 5.15. The highest BCUT2D eigenvalue weighted by Gasteiger charge is 2.06. The molecule has 2 aromatic heterocycles. The molecule has 0 unspecified atom stereocenters. The highest BCUT2D eigenvalue weighted by molar-refractivity contribution is 9.10. The molecule has 0 saturated heterocycles. The number of nitrogens with zero attached hydrogens (tertiary/aromatic N) is 3. The van der Waals surface area contributed by atoms with E-state index in [1.165, 1.54) is 5.56 Å². The second-order valence-electron chi connectivity index (χ2n) is 4.21. The average molecular weight is 318 g/mol. The zero-order chi connectivity index (χ0) is 13.2. The Hall–Kier alpha value is -1.88. The normalized spacial score (nSPS) is 10.8. The number of benzene rings is 1. The van der Waals surface area contributed by atoms with E-state index >= 15 is 0 Å². The Bertz CT molecular complexity index is 706. The molecule has 4 nitrogen and oxygen atoms in total. The molecule has 2 heterocycles. The van der Waals surface area contributed by atoms with Crippen LogP contribution in [0.5, 0.6) is 5.75 Å². The fourth-order valence-electron chi connectivity index (χ4n) is 1.96. The molecule has 0 aliphatic heterocycles. The minimum absolute atomic E-state index is 0.743. The van der Waals surface area contributed by atoms with Crippen molar-refractivity contribution < 1.29 is 4.74 Å². The summed E-state index contributed by atoms with van der Waals surface area (Å²) in [6, 6.07) is 11.9. The van der Waals surface area contributed by atoms with Gasteiger partial charge >= 0.3 is 0 Å². The summed E-state index contributed by atoms with van der Waals surface area (Å²) in [4.78, 5) is 0. The lowest BCUT2D eigenvalue weighted by Gasteiger charge is -2.03. The summed E-state index contributed by atoms with van der Waals surface area (Å²) in [5, 5.41) is 8.40. The van der Waals surface area contributed by atoms with Crippen LogP contribution in [-0.2, 0) is 6.42 Å². The van der Waals surface area contributed by atoms with Crippen molar-refractivity contribution in [3.8, 4) is 5.75 Å². The molecule has 19 heavy (non-hydrogen) atoms. The van der Waals surface area contributed by atoms with Crippen LogP contribution in [0.4, 0.5) is 0 Å². The number of rotatable bonds is 3. The first-order chi connectivity index (χ1) is 9.26. The molecule has 0 aliphatic rings. The van der Waals surface area contributed by atoms with Crippen molar-refractivity contribution in [2.75, 3.05) is 7.11 Å². The second-order valence-corrected chi connectivity index (χ2v) is 5.13. The number of hydrogen-bond donors (Lipinski definition) is 0. The van der Waals surface area contributed by atoms with Gasteiger partial charge in [0.1, 0.15) is 11.6 Å². The molecule has 3 rings (SSSR count). The number of halogens is 1. The van der Waals surface area contributed by atoms with Crippen LogP contribution in [-0.4, -0.2) is 21.7 Å². The van der Waals surface area contributed by atoms with Gasteiger partial charge in [-0.05, 0) is 29.8 Å². The van der Waals surface area contributed by atoms with E-state index in [-0.39, 0.29) is 0 Å². The van der Waals surface area contributed by atoms with Crippen LogP contribution in [0.1, 0.15) is 11.4 Å². The Balaban J connectivity index is 1.92. The third kappa shape index (κ3) is 2.46. The second kappa shape index (κ2) is 5.01. The van der Waals surface area contributed by atoms with Gasteiger partial charge in [0.2, 0.25) is 0 Å². The predicted octanol–water partition coefficient (Wildman–Crippen LogP) is 3.09. The molecular weight excluding hydrogens is 306 g/mol. The summed E-state index contributed by atoms with van der Waals surface area (Å²) in [7, 11) is 1.67. The van der Waals surface area contributed by atoms with E-state index in [2.05, 4.69) is 26.1 Å². The Kier molecular flexibility index (Phi) is 3.21. The predicted molar refractivity (Wildman–Crippen MR) is 76.5 cm³/mol. The van der Waals surface area contributed by atoms with E-state index in [0.717, 1.165) is 28.1 Å². The van der Waals surface area contributed by atoms with E-state index in [0.29, 0.717) is 0 Å². The van der Waals surface area contributed by atoms with Gasteiger partial charge in [-0.2, -0.15) is 0 Å². The third-order valence-electron chi connectivity index (χ3n) is 2.96. The van der Waals surface area contributed by atoms with Gasteiger partial charge in [0.05, 0.1) is 7.11 Å².